The zero-order valence-electron chi connectivity index (χ0n) is 16.3. The van der Waals surface area contributed by atoms with Crippen molar-refractivity contribution >= 4 is 23.2 Å². The maximum absolute atomic E-state index is 12.9. The Bertz CT molecular complexity index is 816. The van der Waals surface area contributed by atoms with Gasteiger partial charge >= 0.3 is 12.2 Å². The van der Waals surface area contributed by atoms with Gasteiger partial charge in [0, 0.05) is 18.7 Å². The van der Waals surface area contributed by atoms with Gasteiger partial charge in [-0.05, 0) is 31.9 Å². The molecule has 6 nitrogen and oxygen atoms in total. The number of carbonyl (C=O) groups is 1. The predicted molar refractivity (Wildman–Crippen MR) is 105 cm³/mol. The van der Waals surface area contributed by atoms with Crippen LogP contribution in [0.4, 0.5) is 35.2 Å². The van der Waals surface area contributed by atoms with E-state index in [0.29, 0.717) is 17.1 Å². The van der Waals surface area contributed by atoms with Gasteiger partial charge in [0.15, 0.2) is 5.82 Å². The standard InChI is InChI=1S/C20H25F3N4O2/c1-14-13-18(26-29-14)25-19(28)24-16-9-5-6-10-17(16)27(12-11-20(21,22)23)15-7-3-2-4-8-15/h5-6,9-10,13,15H,2-4,7-8,11-12H2,1H3,(H2,24,25,26,28). The lowest BCUT2D eigenvalue weighted by Crippen LogP contribution is -2.39. The van der Waals surface area contributed by atoms with Crippen LogP contribution >= 0.6 is 0 Å². The molecule has 29 heavy (non-hydrogen) atoms. The molecule has 1 saturated carbocycles. The topological polar surface area (TPSA) is 70.4 Å². The van der Waals surface area contributed by atoms with Crippen LogP contribution in [0.3, 0.4) is 0 Å². The Kier molecular flexibility index (Phi) is 6.66. The Morgan fingerprint density at radius 3 is 2.59 bits per heavy atom. The van der Waals surface area contributed by atoms with Crippen molar-refractivity contribution in [3.8, 4) is 0 Å². The van der Waals surface area contributed by atoms with Crippen LogP contribution in [-0.2, 0) is 0 Å². The highest BCUT2D eigenvalue weighted by Gasteiger charge is 2.31. The Morgan fingerprint density at radius 2 is 1.93 bits per heavy atom. The van der Waals surface area contributed by atoms with Crippen molar-refractivity contribution in [2.45, 2.75) is 57.7 Å². The number of anilines is 3. The van der Waals surface area contributed by atoms with Crippen LogP contribution in [0.5, 0.6) is 0 Å². The maximum atomic E-state index is 12.9. The van der Waals surface area contributed by atoms with E-state index in [1.165, 1.54) is 0 Å². The molecule has 1 aromatic heterocycles. The normalized spacial score (nSPS) is 15.2. The fourth-order valence-electron chi connectivity index (χ4n) is 3.66. The van der Waals surface area contributed by atoms with Crippen LogP contribution in [0.25, 0.3) is 0 Å². The highest BCUT2D eigenvalue weighted by molar-refractivity contribution is 6.01. The summed E-state index contributed by atoms with van der Waals surface area (Å²) in [6, 6.07) is 8.00. The zero-order chi connectivity index (χ0) is 20.9. The van der Waals surface area contributed by atoms with Crippen LogP contribution in [0, 0.1) is 6.92 Å². The fourth-order valence-corrected chi connectivity index (χ4v) is 3.66. The van der Waals surface area contributed by atoms with Crippen LogP contribution in [0.1, 0.15) is 44.3 Å². The van der Waals surface area contributed by atoms with Gasteiger partial charge in [-0.25, -0.2) is 4.79 Å². The summed E-state index contributed by atoms with van der Waals surface area (Å²) >= 11 is 0. The molecule has 0 aliphatic heterocycles. The summed E-state index contributed by atoms with van der Waals surface area (Å²) < 4.78 is 43.7. The Labute approximate surface area is 167 Å². The summed E-state index contributed by atoms with van der Waals surface area (Å²) in [6.45, 7) is 1.56. The van der Waals surface area contributed by atoms with Gasteiger partial charge in [-0.1, -0.05) is 36.6 Å². The molecule has 0 saturated heterocycles. The number of hydrogen-bond acceptors (Lipinski definition) is 4. The molecule has 0 radical (unpaired) electrons. The van der Waals surface area contributed by atoms with E-state index in [4.69, 9.17) is 4.52 Å². The van der Waals surface area contributed by atoms with Crippen molar-refractivity contribution in [2.24, 2.45) is 0 Å². The van der Waals surface area contributed by atoms with Gasteiger partial charge in [-0.15, -0.1) is 0 Å². The second-order valence-electron chi connectivity index (χ2n) is 7.27. The van der Waals surface area contributed by atoms with E-state index < -0.39 is 18.6 Å². The number of halogens is 3. The Balaban J connectivity index is 1.79. The van der Waals surface area contributed by atoms with Crippen LogP contribution < -0.4 is 15.5 Å². The number of benzene rings is 1. The first-order valence-electron chi connectivity index (χ1n) is 9.75. The number of urea groups is 1. The largest absolute Gasteiger partial charge is 0.390 e. The molecule has 2 N–H and O–H groups in total. The summed E-state index contributed by atoms with van der Waals surface area (Å²) in [5, 5.41) is 8.99. The lowest BCUT2D eigenvalue weighted by atomic mass is 9.93. The Hall–Kier alpha value is -2.71. The molecule has 2 amide bonds. The number of para-hydroxylation sites is 2. The van der Waals surface area contributed by atoms with E-state index in [1.807, 2.05) is 0 Å². The summed E-state index contributed by atoms with van der Waals surface area (Å²) in [4.78, 5) is 14.2. The number of carbonyl (C=O) groups excluding carboxylic acids is 1. The molecule has 9 heteroatoms. The van der Waals surface area contributed by atoms with E-state index in [0.717, 1.165) is 32.1 Å². The lowest BCUT2D eigenvalue weighted by molar-refractivity contribution is -0.132. The van der Waals surface area contributed by atoms with E-state index in [-0.39, 0.29) is 18.4 Å². The van der Waals surface area contributed by atoms with Gasteiger partial charge in [0.1, 0.15) is 5.76 Å². The van der Waals surface area contributed by atoms with E-state index in [9.17, 15) is 18.0 Å². The maximum Gasteiger partial charge on any atom is 0.390 e. The van der Waals surface area contributed by atoms with Gasteiger partial charge in [-0.2, -0.15) is 13.2 Å². The van der Waals surface area contributed by atoms with Crippen molar-refractivity contribution < 1.29 is 22.5 Å². The number of amides is 2. The van der Waals surface area contributed by atoms with Gasteiger partial charge < -0.3 is 14.7 Å². The molecule has 2 aromatic rings. The van der Waals surface area contributed by atoms with E-state index in [2.05, 4.69) is 15.8 Å². The number of hydrogen-bond donors (Lipinski definition) is 2. The molecule has 1 aliphatic carbocycles. The van der Waals surface area contributed by atoms with Gasteiger partial charge in [0.05, 0.1) is 17.8 Å². The van der Waals surface area contributed by atoms with Crippen LogP contribution in [0.15, 0.2) is 34.9 Å². The SMILES string of the molecule is Cc1cc(NC(=O)Nc2ccccc2N(CCC(F)(F)F)C2CCCCC2)no1. The number of nitrogens with zero attached hydrogens (tertiary/aromatic N) is 2. The molecule has 1 fully saturated rings. The molecule has 3 rings (SSSR count). The zero-order valence-corrected chi connectivity index (χ0v) is 16.3. The highest BCUT2D eigenvalue weighted by atomic mass is 19.4. The predicted octanol–water partition coefficient (Wildman–Crippen LogP) is 5.72. The van der Waals surface area contributed by atoms with Gasteiger partial charge in [0.25, 0.3) is 0 Å². The first-order valence-corrected chi connectivity index (χ1v) is 9.75. The van der Waals surface area contributed by atoms with Crippen molar-refractivity contribution in [2.75, 3.05) is 22.1 Å². The molecule has 0 spiro atoms. The molecule has 1 aromatic carbocycles. The van der Waals surface area contributed by atoms with Crippen molar-refractivity contribution in [1.29, 1.82) is 0 Å². The average molecular weight is 410 g/mol. The lowest BCUT2D eigenvalue weighted by Gasteiger charge is -2.37. The fraction of sp³-hybridized carbons (Fsp3) is 0.500. The molecule has 0 atom stereocenters. The second kappa shape index (κ2) is 9.19. The molecule has 0 bridgehead atoms. The van der Waals surface area contributed by atoms with E-state index in [1.54, 1.807) is 42.2 Å². The number of aryl methyl sites for hydroxylation is 1. The van der Waals surface area contributed by atoms with E-state index >= 15 is 0 Å². The molecule has 0 unspecified atom stereocenters. The molecule has 158 valence electrons. The molecule has 1 heterocycles. The third-order valence-corrected chi connectivity index (χ3v) is 4.98. The smallest absolute Gasteiger partial charge is 0.367 e. The minimum absolute atomic E-state index is 0.0234. The summed E-state index contributed by atoms with van der Waals surface area (Å²) in [7, 11) is 0. The van der Waals surface area contributed by atoms with Crippen molar-refractivity contribution in [1.82, 2.24) is 5.16 Å². The summed E-state index contributed by atoms with van der Waals surface area (Å²) in [6.07, 6.45) is -0.362. The molecular weight excluding hydrogens is 385 g/mol. The quantitative estimate of drug-likeness (QED) is 0.639. The molecule has 1 aliphatic rings. The highest BCUT2D eigenvalue weighted by Crippen LogP contribution is 2.34. The number of aromatic nitrogens is 1. The van der Waals surface area contributed by atoms with Gasteiger partial charge in [-0.3, -0.25) is 5.32 Å². The third kappa shape index (κ3) is 6.13. The number of rotatable bonds is 6. The first kappa shape index (κ1) is 21.0. The van der Waals surface area contributed by atoms with Crippen LogP contribution in [0.2, 0.25) is 0 Å². The van der Waals surface area contributed by atoms with Crippen LogP contribution in [-0.4, -0.2) is 30.0 Å². The molecular formula is C20H25F3N4O2. The van der Waals surface area contributed by atoms with Gasteiger partial charge in [0.2, 0.25) is 0 Å². The average Bonchev–Trinajstić information content (AvgIpc) is 3.07. The monoisotopic (exact) mass is 410 g/mol. The second-order valence-corrected chi connectivity index (χ2v) is 7.27. The third-order valence-electron chi connectivity index (χ3n) is 4.98. The number of alkyl halides is 3. The minimum atomic E-state index is -4.24. The number of nitrogens with one attached hydrogen (secondary N) is 2. The van der Waals surface area contributed by atoms with Crippen molar-refractivity contribution in [3.05, 3.63) is 36.1 Å². The minimum Gasteiger partial charge on any atom is -0.367 e. The Morgan fingerprint density at radius 1 is 1.21 bits per heavy atom. The van der Waals surface area contributed by atoms with Crippen molar-refractivity contribution in [3.63, 3.8) is 0 Å². The summed E-state index contributed by atoms with van der Waals surface area (Å²) in [5.74, 6) is 0.815. The first-order chi connectivity index (χ1) is 13.8. The summed E-state index contributed by atoms with van der Waals surface area (Å²) in [5.41, 5.74) is 1.05.